The Bertz CT molecular complexity index is 1000. The second kappa shape index (κ2) is 7.65. The summed E-state index contributed by atoms with van der Waals surface area (Å²) in [6, 6.07) is 13.0. The molecule has 0 radical (unpaired) electrons. The highest BCUT2D eigenvalue weighted by Crippen LogP contribution is 2.30. The smallest absolute Gasteiger partial charge is 0.203 e. The van der Waals surface area contributed by atoms with Gasteiger partial charge in [0.2, 0.25) is 5.78 Å². The molecule has 0 amide bonds. The largest absolute Gasteiger partial charge is 0.379 e. The molecule has 1 fully saturated rings. The normalized spacial score (nSPS) is 15.1. The average molecular weight is 379 g/mol. The summed E-state index contributed by atoms with van der Waals surface area (Å²) >= 11 is 1.55. The highest BCUT2D eigenvalue weighted by molar-refractivity contribution is 7.20. The number of fused-ring (bicyclic) bond motifs is 1. The Balaban J connectivity index is 1.55. The van der Waals surface area contributed by atoms with Gasteiger partial charge in [0.05, 0.1) is 29.7 Å². The first kappa shape index (κ1) is 17.9. The summed E-state index contributed by atoms with van der Waals surface area (Å²) in [6.45, 7) is 7.61. The van der Waals surface area contributed by atoms with E-state index in [1.807, 2.05) is 6.07 Å². The van der Waals surface area contributed by atoms with Crippen LogP contribution in [0.2, 0.25) is 0 Å². The van der Waals surface area contributed by atoms with Crippen LogP contribution >= 0.6 is 11.3 Å². The van der Waals surface area contributed by atoms with Crippen molar-refractivity contribution in [2.75, 3.05) is 32.8 Å². The summed E-state index contributed by atoms with van der Waals surface area (Å²) in [7, 11) is 0. The third-order valence-corrected chi connectivity index (χ3v) is 6.19. The Kier molecular flexibility index (Phi) is 5.08. The number of hydrogen-bond acceptors (Lipinski definition) is 5. The van der Waals surface area contributed by atoms with Crippen LogP contribution in [0.15, 0.2) is 36.4 Å². The molecule has 2 aromatic heterocycles. The van der Waals surface area contributed by atoms with Crippen molar-refractivity contribution in [1.82, 2.24) is 9.47 Å². The van der Waals surface area contributed by atoms with Crippen LogP contribution in [-0.2, 0) is 11.3 Å². The van der Waals surface area contributed by atoms with E-state index in [1.165, 1.54) is 5.69 Å². The first-order chi connectivity index (χ1) is 13.2. The van der Waals surface area contributed by atoms with Gasteiger partial charge in [-0.25, -0.2) is 0 Å². The van der Waals surface area contributed by atoms with Gasteiger partial charge in [-0.1, -0.05) is 0 Å². The fraction of sp³-hybridized carbons (Fsp3) is 0.333. The lowest BCUT2D eigenvalue weighted by Crippen LogP contribution is -2.38. The molecule has 1 saturated heterocycles. The Morgan fingerprint density at radius 1 is 1.19 bits per heavy atom. The van der Waals surface area contributed by atoms with E-state index in [2.05, 4.69) is 28.5 Å². The fourth-order valence-electron chi connectivity index (χ4n) is 3.47. The first-order valence-electron chi connectivity index (χ1n) is 9.10. The zero-order chi connectivity index (χ0) is 18.8. The van der Waals surface area contributed by atoms with E-state index < -0.39 is 0 Å². The summed E-state index contributed by atoms with van der Waals surface area (Å²) in [5, 5.41) is 10.0. The number of aryl methyl sites for hydroxylation is 1. The monoisotopic (exact) mass is 379 g/mol. The van der Waals surface area contributed by atoms with Gasteiger partial charge in [-0.15, -0.1) is 11.3 Å². The number of nitrogens with zero attached hydrogens (tertiary/aromatic N) is 3. The van der Waals surface area contributed by atoms with Gasteiger partial charge in [-0.05, 0) is 43.3 Å². The molecule has 0 unspecified atom stereocenters. The number of carbonyl (C=O) groups is 1. The SMILES string of the molecule is Cc1cc2cc(C(=O)c3ccc(C#N)cc3)sc2n1CCN1CCOCC1. The molecule has 0 N–H and O–H groups in total. The molecule has 5 nitrogen and oxygen atoms in total. The molecule has 0 saturated carbocycles. The molecule has 27 heavy (non-hydrogen) atoms. The lowest BCUT2D eigenvalue weighted by Gasteiger charge is -2.26. The van der Waals surface area contributed by atoms with Crippen LogP contribution in [0.5, 0.6) is 0 Å². The Hall–Kier alpha value is -2.46. The highest BCUT2D eigenvalue weighted by Gasteiger charge is 2.17. The molecule has 1 aromatic carbocycles. The lowest BCUT2D eigenvalue weighted by atomic mass is 10.1. The number of benzene rings is 1. The fourth-order valence-corrected chi connectivity index (χ4v) is 4.65. The average Bonchev–Trinajstić information content (AvgIpc) is 3.24. The number of ketones is 1. The summed E-state index contributed by atoms with van der Waals surface area (Å²) in [5.74, 6) is 0.0121. The van der Waals surface area contributed by atoms with Crippen LogP contribution < -0.4 is 0 Å². The van der Waals surface area contributed by atoms with Crippen molar-refractivity contribution in [3.63, 3.8) is 0 Å². The number of aromatic nitrogens is 1. The minimum Gasteiger partial charge on any atom is -0.379 e. The zero-order valence-electron chi connectivity index (χ0n) is 15.3. The third kappa shape index (κ3) is 3.67. The molecule has 138 valence electrons. The zero-order valence-corrected chi connectivity index (χ0v) is 16.1. The molecule has 1 aliphatic rings. The van der Waals surface area contributed by atoms with Crippen molar-refractivity contribution >= 4 is 27.3 Å². The van der Waals surface area contributed by atoms with E-state index in [9.17, 15) is 4.79 Å². The van der Waals surface area contributed by atoms with Crippen LogP contribution in [0.25, 0.3) is 10.2 Å². The Morgan fingerprint density at radius 2 is 1.93 bits per heavy atom. The number of morpholine rings is 1. The topological polar surface area (TPSA) is 58.3 Å². The van der Waals surface area contributed by atoms with Crippen LogP contribution in [0, 0.1) is 18.3 Å². The van der Waals surface area contributed by atoms with E-state index in [-0.39, 0.29) is 5.78 Å². The quantitative estimate of drug-likeness (QED) is 0.637. The minimum absolute atomic E-state index is 0.0121. The van der Waals surface area contributed by atoms with E-state index in [0.29, 0.717) is 11.1 Å². The number of nitriles is 1. The Labute approximate surface area is 162 Å². The van der Waals surface area contributed by atoms with Gasteiger partial charge in [0.25, 0.3) is 0 Å². The molecule has 3 aromatic rings. The van der Waals surface area contributed by atoms with Gasteiger partial charge in [0, 0.05) is 42.8 Å². The van der Waals surface area contributed by atoms with Gasteiger partial charge in [-0.2, -0.15) is 5.26 Å². The summed E-state index contributed by atoms with van der Waals surface area (Å²) in [6.07, 6.45) is 0. The maximum Gasteiger partial charge on any atom is 0.203 e. The molecule has 6 heteroatoms. The van der Waals surface area contributed by atoms with Crippen molar-refractivity contribution in [3.05, 3.63) is 58.1 Å². The van der Waals surface area contributed by atoms with Gasteiger partial charge in [-0.3, -0.25) is 9.69 Å². The van der Waals surface area contributed by atoms with Crippen LogP contribution in [0.4, 0.5) is 0 Å². The highest BCUT2D eigenvalue weighted by atomic mass is 32.1. The maximum absolute atomic E-state index is 12.8. The molecule has 0 atom stereocenters. The second-order valence-corrected chi connectivity index (χ2v) is 7.81. The summed E-state index contributed by atoms with van der Waals surface area (Å²) in [5.41, 5.74) is 2.41. The number of rotatable bonds is 5. The molecular formula is C21H21N3O2S. The van der Waals surface area contributed by atoms with Crippen LogP contribution in [0.1, 0.15) is 26.5 Å². The van der Waals surface area contributed by atoms with Crippen LogP contribution in [-0.4, -0.2) is 48.1 Å². The first-order valence-corrected chi connectivity index (χ1v) is 9.92. The molecule has 0 bridgehead atoms. The molecular weight excluding hydrogens is 358 g/mol. The third-order valence-electron chi connectivity index (χ3n) is 5.02. The van der Waals surface area contributed by atoms with Gasteiger partial charge in [0.15, 0.2) is 0 Å². The van der Waals surface area contributed by atoms with Crippen molar-refractivity contribution < 1.29 is 9.53 Å². The minimum atomic E-state index is 0.0121. The molecule has 0 spiro atoms. The number of hydrogen-bond donors (Lipinski definition) is 0. The van der Waals surface area contributed by atoms with Gasteiger partial charge < -0.3 is 9.30 Å². The van der Waals surface area contributed by atoms with Crippen LogP contribution in [0.3, 0.4) is 0 Å². The summed E-state index contributed by atoms with van der Waals surface area (Å²) < 4.78 is 7.73. The second-order valence-electron chi connectivity index (χ2n) is 6.78. The van der Waals surface area contributed by atoms with Crippen molar-refractivity contribution in [1.29, 1.82) is 5.26 Å². The van der Waals surface area contributed by atoms with Crippen molar-refractivity contribution in [2.45, 2.75) is 13.5 Å². The lowest BCUT2D eigenvalue weighted by molar-refractivity contribution is 0.0365. The maximum atomic E-state index is 12.8. The van der Waals surface area contributed by atoms with Gasteiger partial charge >= 0.3 is 0 Å². The van der Waals surface area contributed by atoms with Crippen molar-refractivity contribution in [3.8, 4) is 6.07 Å². The Morgan fingerprint density at radius 3 is 2.63 bits per heavy atom. The molecule has 3 heterocycles. The predicted octanol–water partition coefficient (Wildman–Crippen LogP) is 3.45. The molecule has 0 aliphatic carbocycles. The van der Waals surface area contributed by atoms with E-state index in [0.717, 1.165) is 54.5 Å². The van der Waals surface area contributed by atoms with Crippen molar-refractivity contribution in [2.24, 2.45) is 0 Å². The number of carbonyl (C=O) groups excluding carboxylic acids is 1. The van der Waals surface area contributed by atoms with Gasteiger partial charge in [0.1, 0.15) is 4.83 Å². The predicted molar refractivity (Wildman–Crippen MR) is 106 cm³/mol. The van der Waals surface area contributed by atoms with E-state index in [4.69, 9.17) is 10.00 Å². The molecule has 1 aliphatic heterocycles. The van der Waals surface area contributed by atoms with E-state index >= 15 is 0 Å². The van der Waals surface area contributed by atoms with E-state index in [1.54, 1.807) is 35.6 Å². The standard InChI is InChI=1S/C21H21N3O2S/c1-15-12-18-13-19(20(25)17-4-2-16(14-22)3-5-17)27-21(18)24(15)7-6-23-8-10-26-11-9-23/h2-5,12-13H,6-11H2,1H3. The number of thiophene rings is 1. The summed E-state index contributed by atoms with van der Waals surface area (Å²) in [4.78, 5) is 17.1. The molecule has 4 rings (SSSR count). The number of ether oxygens (including phenoxy) is 1.